The lowest BCUT2D eigenvalue weighted by Gasteiger charge is -2.13. The molecule has 0 aliphatic heterocycles. The number of amides is 1. The highest BCUT2D eigenvalue weighted by atomic mass is 16.6. The van der Waals surface area contributed by atoms with Gasteiger partial charge in [-0.25, -0.2) is 4.79 Å². The molecule has 0 heterocycles. The predicted octanol–water partition coefficient (Wildman–Crippen LogP) is 1.71. The van der Waals surface area contributed by atoms with Crippen molar-refractivity contribution in [2.24, 2.45) is 0 Å². The van der Waals surface area contributed by atoms with Crippen LogP contribution in [0.15, 0.2) is 18.2 Å². The SMILES string of the molecule is COc1ccc(CN(C)C(=O)O)cc1[N+](=O)[O-]. The van der Waals surface area contributed by atoms with E-state index in [9.17, 15) is 14.9 Å². The minimum absolute atomic E-state index is 0.0835. The zero-order chi connectivity index (χ0) is 13.0. The Hall–Kier alpha value is -2.31. The van der Waals surface area contributed by atoms with E-state index in [0.29, 0.717) is 5.56 Å². The summed E-state index contributed by atoms with van der Waals surface area (Å²) in [6.07, 6.45) is -1.09. The van der Waals surface area contributed by atoms with Gasteiger partial charge in [-0.3, -0.25) is 10.1 Å². The smallest absolute Gasteiger partial charge is 0.407 e. The number of carbonyl (C=O) groups is 1. The second-order valence-corrected chi connectivity index (χ2v) is 3.40. The molecule has 1 amide bonds. The fourth-order valence-electron chi connectivity index (χ4n) is 1.32. The fraction of sp³-hybridized carbons (Fsp3) is 0.300. The zero-order valence-electron chi connectivity index (χ0n) is 9.41. The molecule has 92 valence electrons. The Labute approximate surface area is 97.4 Å². The van der Waals surface area contributed by atoms with Gasteiger partial charge in [0.1, 0.15) is 0 Å². The van der Waals surface area contributed by atoms with E-state index < -0.39 is 11.0 Å². The second-order valence-electron chi connectivity index (χ2n) is 3.40. The standard InChI is InChI=1S/C10H12N2O5/c1-11(10(13)14)6-7-3-4-9(17-2)8(5-7)12(15)16/h3-5H,6H2,1-2H3,(H,13,14). The summed E-state index contributed by atoms with van der Waals surface area (Å²) in [5, 5.41) is 19.4. The lowest BCUT2D eigenvalue weighted by atomic mass is 10.2. The number of methoxy groups -OCH3 is 1. The van der Waals surface area contributed by atoms with Crippen molar-refractivity contribution in [2.75, 3.05) is 14.2 Å². The highest BCUT2D eigenvalue weighted by Gasteiger charge is 2.16. The lowest BCUT2D eigenvalue weighted by Crippen LogP contribution is -2.23. The van der Waals surface area contributed by atoms with E-state index in [1.54, 1.807) is 6.07 Å². The molecule has 1 aromatic carbocycles. The first-order chi connectivity index (χ1) is 7.95. The molecule has 1 rings (SSSR count). The van der Waals surface area contributed by atoms with Crippen molar-refractivity contribution in [1.29, 1.82) is 0 Å². The Kier molecular flexibility index (Phi) is 3.86. The summed E-state index contributed by atoms with van der Waals surface area (Å²) in [6.45, 7) is 0.0835. The van der Waals surface area contributed by atoms with Crippen LogP contribution in [0.1, 0.15) is 5.56 Å². The molecule has 0 aromatic heterocycles. The molecule has 0 atom stereocenters. The number of nitro groups is 1. The zero-order valence-corrected chi connectivity index (χ0v) is 9.41. The normalized spacial score (nSPS) is 9.76. The third kappa shape index (κ3) is 3.07. The van der Waals surface area contributed by atoms with Gasteiger partial charge in [0, 0.05) is 19.7 Å². The first-order valence-electron chi connectivity index (χ1n) is 4.71. The monoisotopic (exact) mass is 240 g/mol. The number of benzene rings is 1. The first kappa shape index (κ1) is 12.8. The third-order valence-electron chi connectivity index (χ3n) is 2.19. The fourth-order valence-corrected chi connectivity index (χ4v) is 1.32. The molecule has 0 fully saturated rings. The number of rotatable bonds is 4. The van der Waals surface area contributed by atoms with Gasteiger partial charge in [-0.05, 0) is 11.6 Å². The molecular formula is C10H12N2O5. The van der Waals surface area contributed by atoms with E-state index >= 15 is 0 Å². The maximum absolute atomic E-state index is 10.7. The molecule has 7 nitrogen and oxygen atoms in total. The number of nitrogens with zero attached hydrogens (tertiary/aromatic N) is 2. The summed E-state index contributed by atoms with van der Waals surface area (Å²) in [4.78, 5) is 21.8. The van der Waals surface area contributed by atoms with E-state index in [0.717, 1.165) is 4.90 Å². The number of hydrogen-bond acceptors (Lipinski definition) is 4. The molecule has 0 saturated heterocycles. The maximum atomic E-state index is 10.7. The molecule has 17 heavy (non-hydrogen) atoms. The average Bonchev–Trinajstić information content (AvgIpc) is 2.28. The average molecular weight is 240 g/mol. The molecule has 0 aliphatic rings. The van der Waals surface area contributed by atoms with Crippen molar-refractivity contribution in [1.82, 2.24) is 4.90 Å². The van der Waals surface area contributed by atoms with Crippen molar-refractivity contribution >= 4 is 11.8 Å². The third-order valence-corrected chi connectivity index (χ3v) is 2.19. The van der Waals surface area contributed by atoms with Gasteiger partial charge >= 0.3 is 11.8 Å². The van der Waals surface area contributed by atoms with Gasteiger partial charge < -0.3 is 14.7 Å². The summed E-state index contributed by atoms with van der Waals surface area (Å²) < 4.78 is 4.84. The van der Waals surface area contributed by atoms with Crippen LogP contribution in [0.2, 0.25) is 0 Å². The Bertz CT molecular complexity index is 446. The maximum Gasteiger partial charge on any atom is 0.407 e. The van der Waals surface area contributed by atoms with E-state index in [4.69, 9.17) is 9.84 Å². The molecule has 7 heteroatoms. The van der Waals surface area contributed by atoms with Crippen LogP contribution in [0.25, 0.3) is 0 Å². The van der Waals surface area contributed by atoms with Crippen LogP contribution >= 0.6 is 0 Å². The largest absolute Gasteiger partial charge is 0.490 e. The summed E-state index contributed by atoms with van der Waals surface area (Å²) in [5.41, 5.74) is 0.353. The van der Waals surface area contributed by atoms with Gasteiger partial charge in [-0.1, -0.05) is 6.07 Å². The van der Waals surface area contributed by atoms with Gasteiger partial charge in [-0.15, -0.1) is 0 Å². The predicted molar refractivity (Wildman–Crippen MR) is 59.1 cm³/mol. The van der Waals surface area contributed by atoms with Gasteiger partial charge in [0.25, 0.3) is 0 Å². The van der Waals surface area contributed by atoms with Crippen LogP contribution in [0, 0.1) is 10.1 Å². The van der Waals surface area contributed by atoms with Crippen LogP contribution in [-0.2, 0) is 6.54 Å². The Morgan fingerprint density at radius 2 is 2.24 bits per heavy atom. The van der Waals surface area contributed by atoms with Crippen LogP contribution in [0.5, 0.6) is 5.75 Å². The van der Waals surface area contributed by atoms with E-state index in [-0.39, 0.29) is 18.0 Å². The number of hydrogen-bond donors (Lipinski definition) is 1. The van der Waals surface area contributed by atoms with Crippen molar-refractivity contribution in [3.63, 3.8) is 0 Å². The minimum atomic E-state index is -1.09. The van der Waals surface area contributed by atoms with E-state index in [2.05, 4.69) is 0 Å². The molecule has 0 unspecified atom stereocenters. The van der Waals surface area contributed by atoms with Crippen LogP contribution in [0.4, 0.5) is 10.5 Å². The highest BCUT2D eigenvalue weighted by Crippen LogP contribution is 2.27. The van der Waals surface area contributed by atoms with E-state index in [1.807, 2.05) is 0 Å². The van der Waals surface area contributed by atoms with Crippen LogP contribution in [-0.4, -0.2) is 35.2 Å². The topological polar surface area (TPSA) is 92.9 Å². The summed E-state index contributed by atoms with van der Waals surface area (Å²) in [5.74, 6) is 0.150. The molecule has 0 bridgehead atoms. The van der Waals surface area contributed by atoms with Crippen molar-refractivity contribution in [3.8, 4) is 5.75 Å². The Balaban J connectivity index is 3.00. The molecule has 0 saturated carbocycles. The first-order valence-corrected chi connectivity index (χ1v) is 4.71. The summed E-state index contributed by atoms with van der Waals surface area (Å²) in [6, 6.07) is 4.34. The number of carboxylic acid groups (broad SMARTS) is 1. The lowest BCUT2D eigenvalue weighted by molar-refractivity contribution is -0.385. The highest BCUT2D eigenvalue weighted by molar-refractivity contribution is 5.64. The van der Waals surface area contributed by atoms with Gasteiger partial charge in [0.05, 0.1) is 12.0 Å². The van der Waals surface area contributed by atoms with Crippen molar-refractivity contribution < 1.29 is 19.6 Å². The number of ether oxygens (including phenoxy) is 1. The van der Waals surface area contributed by atoms with Crippen LogP contribution in [0.3, 0.4) is 0 Å². The van der Waals surface area contributed by atoms with Gasteiger partial charge in [-0.2, -0.15) is 0 Å². The van der Waals surface area contributed by atoms with Crippen molar-refractivity contribution in [3.05, 3.63) is 33.9 Å². The quantitative estimate of drug-likeness (QED) is 0.638. The Morgan fingerprint density at radius 3 is 2.71 bits per heavy atom. The summed E-state index contributed by atoms with van der Waals surface area (Å²) >= 11 is 0. The number of nitro benzene ring substituents is 1. The minimum Gasteiger partial charge on any atom is -0.490 e. The Morgan fingerprint density at radius 1 is 1.59 bits per heavy atom. The molecule has 1 N–H and O–H groups in total. The van der Waals surface area contributed by atoms with Gasteiger partial charge in [0.15, 0.2) is 5.75 Å². The van der Waals surface area contributed by atoms with Gasteiger partial charge in [0.2, 0.25) is 0 Å². The molecular weight excluding hydrogens is 228 g/mol. The summed E-state index contributed by atoms with van der Waals surface area (Å²) in [7, 11) is 2.73. The second kappa shape index (κ2) is 5.15. The molecule has 0 spiro atoms. The van der Waals surface area contributed by atoms with Crippen LogP contribution < -0.4 is 4.74 Å². The molecule has 1 aromatic rings. The van der Waals surface area contributed by atoms with E-state index in [1.165, 1.54) is 26.3 Å². The molecule has 0 radical (unpaired) electrons. The molecule has 0 aliphatic carbocycles. The van der Waals surface area contributed by atoms with Crippen molar-refractivity contribution in [2.45, 2.75) is 6.54 Å².